The van der Waals surface area contributed by atoms with Crippen molar-refractivity contribution in [1.82, 2.24) is 14.7 Å². The van der Waals surface area contributed by atoms with Crippen LogP contribution in [0.3, 0.4) is 0 Å². The quantitative estimate of drug-likeness (QED) is 0.528. The Morgan fingerprint density at radius 2 is 2.15 bits per heavy atom. The Kier molecular flexibility index (Phi) is 6.63. The summed E-state index contributed by atoms with van der Waals surface area (Å²) in [6.07, 6.45) is 1.79. The van der Waals surface area contributed by atoms with Crippen molar-refractivity contribution in [3.8, 4) is 17.2 Å². The third kappa shape index (κ3) is 4.75. The fourth-order valence-corrected chi connectivity index (χ4v) is 3.43. The van der Waals surface area contributed by atoms with E-state index in [0.717, 1.165) is 24.9 Å². The van der Waals surface area contributed by atoms with Gasteiger partial charge in [-0.05, 0) is 57.6 Å². The molecule has 0 bridgehead atoms. The second-order valence-electron chi connectivity index (χ2n) is 6.41. The van der Waals surface area contributed by atoms with Gasteiger partial charge in [0.15, 0.2) is 0 Å². The number of carbonyl (C=O) groups excluding carboxylic acids is 1. The van der Waals surface area contributed by atoms with Crippen LogP contribution in [-0.4, -0.2) is 47.0 Å². The van der Waals surface area contributed by atoms with E-state index in [4.69, 9.17) is 26.1 Å². The summed E-state index contributed by atoms with van der Waals surface area (Å²) < 4.78 is 18.2. The lowest BCUT2D eigenvalue weighted by atomic mass is 9.99. The molecule has 1 saturated heterocycles. The van der Waals surface area contributed by atoms with Crippen LogP contribution in [0.15, 0.2) is 28.7 Å². The Hall–Kier alpha value is -2.19. The van der Waals surface area contributed by atoms with Gasteiger partial charge in [-0.15, -0.1) is 5.10 Å². The maximum atomic E-state index is 12.0. The fourth-order valence-electron chi connectivity index (χ4n) is 3.26. The minimum absolute atomic E-state index is 0.0991. The molecule has 1 aromatic heterocycles. The first-order valence-corrected chi connectivity index (χ1v) is 9.72. The van der Waals surface area contributed by atoms with Gasteiger partial charge >= 0.3 is 5.97 Å². The van der Waals surface area contributed by atoms with Crippen LogP contribution >= 0.6 is 12.2 Å². The summed E-state index contributed by atoms with van der Waals surface area (Å²) in [5.74, 6) is 0.918. The van der Waals surface area contributed by atoms with E-state index in [1.165, 1.54) is 0 Å². The first-order chi connectivity index (χ1) is 13.1. The van der Waals surface area contributed by atoms with Crippen LogP contribution in [0.4, 0.5) is 0 Å². The van der Waals surface area contributed by atoms with Crippen molar-refractivity contribution >= 4 is 18.2 Å². The van der Waals surface area contributed by atoms with E-state index in [1.807, 2.05) is 38.1 Å². The van der Waals surface area contributed by atoms with Gasteiger partial charge in [-0.2, -0.15) is 0 Å². The molecule has 1 fully saturated rings. The summed E-state index contributed by atoms with van der Waals surface area (Å²) >= 11 is 5.35. The first-order valence-electron chi connectivity index (χ1n) is 9.31. The molecular formula is C19H25N3O4S. The molecule has 3 rings (SSSR count). The molecule has 1 aliphatic heterocycles. The molecule has 7 nitrogen and oxygen atoms in total. The van der Waals surface area contributed by atoms with Crippen LogP contribution in [0.25, 0.3) is 11.5 Å². The number of hydrogen-bond acceptors (Lipinski definition) is 7. The molecule has 2 heterocycles. The smallest absolute Gasteiger partial charge is 0.310 e. The van der Waals surface area contributed by atoms with E-state index in [1.54, 1.807) is 4.68 Å². The lowest BCUT2D eigenvalue weighted by molar-refractivity contribution is -0.150. The Bertz CT molecular complexity index is 832. The van der Waals surface area contributed by atoms with Crippen LogP contribution in [0, 0.1) is 10.8 Å². The SMILES string of the molecule is CCOC(=O)[C@H]1CCCN(Cn2nc(-c3ccccc3OCC)oc2=S)C1. The van der Waals surface area contributed by atoms with Crippen molar-refractivity contribution < 1.29 is 18.7 Å². The van der Waals surface area contributed by atoms with E-state index in [9.17, 15) is 4.79 Å². The van der Waals surface area contributed by atoms with Gasteiger partial charge in [-0.25, -0.2) is 4.68 Å². The lowest BCUT2D eigenvalue weighted by Gasteiger charge is -2.30. The van der Waals surface area contributed by atoms with Crippen molar-refractivity contribution in [3.63, 3.8) is 0 Å². The van der Waals surface area contributed by atoms with Gasteiger partial charge in [-0.1, -0.05) is 12.1 Å². The van der Waals surface area contributed by atoms with Gasteiger partial charge in [0, 0.05) is 6.54 Å². The highest BCUT2D eigenvalue weighted by Crippen LogP contribution is 2.29. The second kappa shape index (κ2) is 9.14. The average molecular weight is 391 g/mol. The zero-order valence-corrected chi connectivity index (χ0v) is 16.5. The number of hydrogen-bond donors (Lipinski definition) is 0. The molecule has 0 amide bonds. The summed E-state index contributed by atoms with van der Waals surface area (Å²) in [6, 6.07) is 7.59. The zero-order valence-electron chi connectivity index (χ0n) is 15.7. The van der Waals surface area contributed by atoms with Gasteiger partial charge < -0.3 is 13.9 Å². The van der Waals surface area contributed by atoms with Gasteiger partial charge in [0.1, 0.15) is 5.75 Å². The normalized spacial score (nSPS) is 17.6. The van der Waals surface area contributed by atoms with Crippen LogP contribution in [0.2, 0.25) is 0 Å². The molecule has 27 heavy (non-hydrogen) atoms. The Morgan fingerprint density at radius 3 is 2.93 bits per heavy atom. The van der Waals surface area contributed by atoms with E-state index < -0.39 is 0 Å². The highest BCUT2D eigenvalue weighted by Gasteiger charge is 2.27. The summed E-state index contributed by atoms with van der Waals surface area (Å²) in [7, 11) is 0. The number of carbonyl (C=O) groups is 1. The standard InChI is InChI=1S/C19H25N3O4S/c1-3-24-16-10-6-5-9-15(16)17-20-22(19(27)26-17)13-21-11-7-8-14(12-21)18(23)25-4-2/h5-6,9-10,14H,3-4,7-8,11-13H2,1-2H3/t14-/m0/s1. The van der Waals surface area contributed by atoms with Crippen molar-refractivity contribution in [2.45, 2.75) is 33.4 Å². The summed E-state index contributed by atoms with van der Waals surface area (Å²) in [5.41, 5.74) is 0.771. The summed E-state index contributed by atoms with van der Waals surface area (Å²) in [4.78, 5) is 14.5. The highest BCUT2D eigenvalue weighted by atomic mass is 32.1. The monoisotopic (exact) mass is 391 g/mol. The largest absolute Gasteiger partial charge is 0.493 e. The number of nitrogens with zero attached hydrogens (tertiary/aromatic N) is 3. The molecule has 1 atom stereocenters. The number of ether oxygens (including phenoxy) is 2. The lowest BCUT2D eigenvalue weighted by Crippen LogP contribution is -2.40. The maximum Gasteiger partial charge on any atom is 0.310 e. The van der Waals surface area contributed by atoms with E-state index >= 15 is 0 Å². The molecule has 0 spiro atoms. The van der Waals surface area contributed by atoms with Gasteiger partial charge in [-0.3, -0.25) is 9.69 Å². The highest BCUT2D eigenvalue weighted by molar-refractivity contribution is 7.71. The predicted octanol–water partition coefficient (Wildman–Crippen LogP) is 3.50. The fraction of sp³-hybridized carbons (Fsp3) is 0.526. The number of para-hydroxylation sites is 1. The third-order valence-corrected chi connectivity index (χ3v) is 4.78. The zero-order chi connectivity index (χ0) is 19.2. The number of benzene rings is 1. The average Bonchev–Trinajstić information content (AvgIpc) is 3.03. The molecule has 146 valence electrons. The molecule has 0 aliphatic carbocycles. The first kappa shape index (κ1) is 19.6. The minimum Gasteiger partial charge on any atom is -0.493 e. The van der Waals surface area contributed by atoms with Crippen molar-refractivity contribution in [3.05, 3.63) is 29.1 Å². The second-order valence-corrected chi connectivity index (χ2v) is 6.76. The number of likely N-dealkylation sites (tertiary alicyclic amines) is 1. The van der Waals surface area contributed by atoms with Crippen LogP contribution in [0.5, 0.6) is 5.75 Å². The molecule has 2 aromatic rings. The van der Waals surface area contributed by atoms with Crippen molar-refractivity contribution in [1.29, 1.82) is 0 Å². The minimum atomic E-state index is -0.128. The van der Waals surface area contributed by atoms with Gasteiger partial charge in [0.05, 0.1) is 31.4 Å². The molecule has 1 aliphatic rings. The topological polar surface area (TPSA) is 69.7 Å². The summed E-state index contributed by atoms with van der Waals surface area (Å²) in [6.45, 7) is 6.73. The van der Waals surface area contributed by atoms with E-state index in [-0.39, 0.29) is 11.9 Å². The van der Waals surface area contributed by atoms with Gasteiger partial charge in [0.2, 0.25) is 0 Å². The third-order valence-electron chi connectivity index (χ3n) is 4.48. The summed E-state index contributed by atoms with van der Waals surface area (Å²) in [5, 5.41) is 4.53. The number of piperidine rings is 1. The van der Waals surface area contributed by atoms with Crippen LogP contribution in [0.1, 0.15) is 26.7 Å². The van der Waals surface area contributed by atoms with Gasteiger partial charge in [0.25, 0.3) is 10.7 Å². The Morgan fingerprint density at radius 1 is 1.33 bits per heavy atom. The predicted molar refractivity (Wildman–Crippen MR) is 103 cm³/mol. The molecule has 0 N–H and O–H groups in total. The molecular weight excluding hydrogens is 366 g/mol. The van der Waals surface area contributed by atoms with E-state index in [0.29, 0.717) is 42.9 Å². The maximum absolute atomic E-state index is 12.0. The molecule has 8 heteroatoms. The molecule has 1 aromatic carbocycles. The van der Waals surface area contributed by atoms with E-state index in [2.05, 4.69) is 10.00 Å². The Labute approximate surface area is 163 Å². The van der Waals surface area contributed by atoms with Crippen LogP contribution < -0.4 is 4.74 Å². The molecule has 0 unspecified atom stereocenters. The Balaban J connectivity index is 1.74. The number of esters is 1. The van der Waals surface area contributed by atoms with Crippen molar-refractivity contribution in [2.75, 3.05) is 26.3 Å². The molecule has 0 saturated carbocycles. The van der Waals surface area contributed by atoms with Crippen molar-refractivity contribution in [2.24, 2.45) is 5.92 Å². The number of rotatable bonds is 7. The number of aromatic nitrogens is 2. The molecule has 0 radical (unpaired) electrons. The van der Waals surface area contributed by atoms with Crippen LogP contribution in [-0.2, 0) is 16.2 Å².